The lowest BCUT2D eigenvalue weighted by molar-refractivity contribution is 0.0980. The van der Waals surface area contributed by atoms with E-state index in [1.807, 2.05) is 18.2 Å². The average Bonchev–Trinajstić information content (AvgIpc) is 2.66. The minimum absolute atomic E-state index is 0.222. The molecule has 3 heterocycles. The van der Waals surface area contributed by atoms with Crippen LogP contribution in [0.3, 0.4) is 0 Å². The molecule has 0 bridgehead atoms. The summed E-state index contributed by atoms with van der Waals surface area (Å²) in [6.07, 6.45) is 4.55. The molecule has 1 aromatic carbocycles. The van der Waals surface area contributed by atoms with E-state index in [1.165, 1.54) is 18.6 Å². The van der Waals surface area contributed by atoms with E-state index in [0.717, 1.165) is 29.7 Å². The molecule has 7 nitrogen and oxygen atoms in total. The molecule has 0 atom stereocenters. The van der Waals surface area contributed by atoms with Gasteiger partial charge in [-0.05, 0) is 36.1 Å². The number of pyridine rings is 1. The predicted molar refractivity (Wildman–Crippen MR) is 94.5 cm³/mol. The molecule has 1 amide bonds. The van der Waals surface area contributed by atoms with Crippen molar-refractivity contribution in [3.8, 4) is 0 Å². The Labute approximate surface area is 143 Å². The molecule has 0 unspecified atom stereocenters. The molecule has 1 aliphatic heterocycles. The van der Waals surface area contributed by atoms with E-state index in [9.17, 15) is 9.59 Å². The molecular formula is C18H17N5O2. The number of nitrogens with zero attached hydrogens (tertiary/aromatic N) is 3. The van der Waals surface area contributed by atoms with Crippen LogP contribution in [0.2, 0.25) is 0 Å². The lowest BCUT2D eigenvalue weighted by Gasteiger charge is -2.30. The number of aromatic nitrogens is 3. The van der Waals surface area contributed by atoms with Crippen molar-refractivity contribution in [1.82, 2.24) is 15.0 Å². The third-order valence-electron chi connectivity index (χ3n) is 4.56. The van der Waals surface area contributed by atoms with E-state index in [2.05, 4.69) is 15.0 Å². The summed E-state index contributed by atoms with van der Waals surface area (Å²) in [6, 6.07) is 7.34. The van der Waals surface area contributed by atoms with Crippen molar-refractivity contribution < 1.29 is 4.79 Å². The van der Waals surface area contributed by atoms with Gasteiger partial charge in [-0.3, -0.25) is 9.59 Å². The van der Waals surface area contributed by atoms with E-state index in [-0.39, 0.29) is 17.2 Å². The molecule has 0 fully saturated rings. The van der Waals surface area contributed by atoms with Gasteiger partial charge in [0, 0.05) is 18.8 Å². The maximum absolute atomic E-state index is 13.0. The number of rotatable bonds is 2. The minimum Gasteiger partial charge on any atom is -0.326 e. The van der Waals surface area contributed by atoms with Crippen LogP contribution in [0.25, 0.3) is 10.9 Å². The molecule has 3 aromatic rings. The van der Waals surface area contributed by atoms with Crippen LogP contribution in [0.15, 0.2) is 41.6 Å². The Morgan fingerprint density at radius 3 is 3.04 bits per heavy atom. The summed E-state index contributed by atoms with van der Waals surface area (Å²) >= 11 is 0. The Kier molecular flexibility index (Phi) is 3.77. The van der Waals surface area contributed by atoms with Gasteiger partial charge in [-0.2, -0.15) is 0 Å². The summed E-state index contributed by atoms with van der Waals surface area (Å²) in [6.45, 7) is 1.06. The Bertz CT molecular complexity index is 1030. The van der Waals surface area contributed by atoms with E-state index in [4.69, 9.17) is 5.73 Å². The van der Waals surface area contributed by atoms with Gasteiger partial charge < -0.3 is 15.6 Å². The fraction of sp³-hybridized carbons (Fsp3) is 0.222. The number of hydrogen-bond acceptors (Lipinski definition) is 5. The topological polar surface area (TPSA) is 105 Å². The summed E-state index contributed by atoms with van der Waals surface area (Å²) in [5, 5.41) is 0.355. The molecule has 4 rings (SSSR count). The number of fused-ring (bicyclic) bond motifs is 2. The first-order valence-corrected chi connectivity index (χ1v) is 8.15. The average molecular weight is 335 g/mol. The molecule has 3 N–H and O–H groups in total. The van der Waals surface area contributed by atoms with Crippen molar-refractivity contribution in [3.63, 3.8) is 0 Å². The van der Waals surface area contributed by atoms with E-state index < -0.39 is 0 Å². The molecular weight excluding hydrogens is 318 g/mol. The quantitative estimate of drug-likeness (QED) is 0.736. The third kappa shape index (κ3) is 2.58. The summed E-state index contributed by atoms with van der Waals surface area (Å²) in [5.41, 5.74) is 9.28. The lowest BCUT2D eigenvalue weighted by Crippen LogP contribution is -2.36. The largest absolute Gasteiger partial charge is 0.326 e. The van der Waals surface area contributed by atoms with Crippen molar-refractivity contribution in [2.75, 3.05) is 11.4 Å². The van der Waals surface area contributed by atoms with Crippen LogP contribution in [0.4, 0.5) is 5.69 Å². The van der Waals surface area contributed by atoms with E-state index >= 15 is 0 Å². The second-order valence-electron chi connectivity index (χ2n) is 6.00. The standard InChI is InChI=1S/C18H17N5O2/c19-8-11-3-1-5-16-12(11)4-2-6-23(16)18(25)14-7-13-15(9-20-14)21-10-22-17(13)24/h1,3,5,7,9-10H,2,4,6,8,19H2,(H,21,22,24). The molecule has 126 valence electrons. The SMILES string of the molecule is NCc1cccc2c1CCCN2C(=O)c1cc2c(=O)[nH]cnc2cn1. The number of carbonyl (C=O) groups is 1. The number of carbonyl (C=O) groups excluding carboxylic acids is 1. The fourth-order valence-corrected chi connectivity index (χ4v) is 3.33. The summed E-state index contributed by atoms with van der Waals surface area (Å²) < 4.78 is 0. The Hall–Kier alpha value is -3.06. The van der Waals surface area contributed by atoms with Crippen LogP contribution in [0, 0.1) is 0 Å². The summed E-state index contributed by atoms with van der Waals surface area (Å²) in [4.78, 5) is 37.5. The highest BCUT2D eigenvalue weighted by molar-refractivity contribution is 6.06. The van der Waals surface area contributed by atoms with Crippen LogP contribution >= 0.6 is 0 Å². The molecule has 0 spiro atoms. The van der Waals surface area contributed by atoms with Crippen LogP contribution in [-0.2, 0) is 13.0 Å². The van der Waals surface area contributed by atoms with Crippen LogP contribution in [0.1, 0.15) is 28.0 Å². The number of H-pyrrole nitrogens is 1. The van der Waals surface area contributed by atoms with E-state index in [1.54, 1.807) is 4.90 Å². The van der Waals surface area contributed by atoms with Crippen molar-refractivity contribution in [2.24, 2.45) is 5.73 Å². The number of hydrogen-bond donors (Lipinski definition) is 2. The van der Waals surface area contributed by atoms with Gasteiger partial charge in [-0.25, -0.2) is 9.97 Å². The van der Waals surface area contributed by atoms with Crippen LogP contribution in [0.5, 0.6) is 0 Å². The molecule has 2 aromatic heterocycles. The highest BCUT2D eigenvalue weighted by Gasteiger charge is 2.26. The van der Waals surface area contributed by atoms with Gasteiger partial charge in [0.15, 0.2) is 0 Å². The normalized spacial score (nSPS) is 13.7. The van der Waals surface area contributed by atoms with Gasteiger partial charge in [-0.1, -0.05) is 12.1 Å². The third-order valence-corrected chi connectivity index (χ3v) is 4.56. The number of nitrogens with two attached hydrogens (primary N) is 1. The smallest absolute Gasteiger partial charge is 0.276 e. The Morgan fingerprint density at radius 2 is 2.20 bits per heavy atom. The molecule has 0 saturated carbocycles. The number of amides is 1. The molecule has 0 saturated heterocycles. The highest BCUT2D eigenvalue weighted by Crippen LogP contribution is 2.30. The minimum atomic E-state index is -0.286. The van der Waals surface area contributed by atoms with E-state index in [0.29, 0.717) is 24.0 Å². The monoisotopic (exact) mass is 335 g/mol. The number of nitrogens with one attached hydrogen (secondary N) is 1. The zero-order valence-corrected chi connectivity index (χ0v) is 13.5. The fourth-order valence-electron chi connectivity index (χ4n) is 3.33. The molecule has 25 heavy (non-hydrogen) atoms. The second kappa shape index (κ2) is 6.10. The van der Waals surface area contributed by atoms with Crippen molar-refractivity contribution in [3.05, 3.63) is 64.0 Å². The molecule has 0 radical (unpaired) electrons. The molecule has 1 aliphatic rings. The number of aromatic amines is 1. The van der Waals surface area contributed by atoms with Crippen molar-refractivity contribution in [1.29, 1.82) is 0 Å². The van der Waals surface area contributed by atoms with Crippen molar-refractivity contribution in [2.45, 2.75) is 19.4 Å². The molecule has 7 heteroatoms. The predicted octanol–water partition coefficient (Wildman–Crippen LogP) is 1.37. The first kappa shape index (κ1) is 15.5. The van der Waals surface area contributed by atoms with Gasteiger partial charge in [0.25, 0.3) is 11.5 Å². The lowest BCUT2D eigenvalue weighted by atomic mass is 9.96. The van der Waals surface area contributed by atoms with Gasteiger partial charge in [0.05, 0.1) is 23.4 Å². The highest BCUT2D eigenvalue weighted by atomic mass is 16.2. The maximum Gasteiger partial charge on any atom is 0.276 e. The Balaban J connectivity index is 1.78. The zero-order chi connectivity index (χ0) is 17.4. The zero-order valence-electron chi connectivity index (χ0n) is 13.5. The van der Waals surface area contributed by atoms with Crippen molar-refractivity contribution >= 4 is 22.5 Å². The second-order valence-corrected chi connectivity index (χ2v) is 6.00. The Morgan fingerprint density at radius 1 is 1.32 bits per heavy atom. The number of anilines is 1. The van der Waals surface area contributed by atoms with Gasteiger partial charge >= 0.3 is 0 Å². The van der Waals surface area contributed by atoms with Gasteiger partial charge in [-0.15, -0.1) is 0 Å². The van der Waals surface area contributed by atoms with Crippen LogP contribution in [-0.4, -0.2) is 27.4 Å². The first-order valence-electron chi connectivity index (χ1n) is 8.15. The maximum atomic E-state index is 13.0. The first-order chi connectivity index (χ1) is 12.2. The van der Waals surface area contributed by atoms with Gasteiger partial charge in [0.2, 0.25) is 0 Å². The van der Waals surface area contributed by atoms with Gasteiger partial charge in [0.1, 0.15) is 5.69 Å². The number of benzene rings is 1. The molecule has 0 aliphatic carbocycles. The summed E-state index contributed by atoms with van der Waals surface area (Å²) in [7, 11) is 0. The summed E-state index contributed by atoms with van der Waals surface area (Å²) in [5.74, 6) is -0.222. The van der Waals surface area contributed by atoms with Crippen LogP contribution < -0.4 is 16.2 Å².